The summed E-state index contributed by atoms with van der Waals surface area (Å²) in [6, 6.07) is 5.98. The average Bonchev–Trinajstić information content (AvgIpc) is 2.92. The average molecular weight is 309 g/mol. The van der Waals surface area contributed by atoms with E-state index in [9.17, 15) is 10.2 Å². The molecule has 1 aliphatic rings. The van der Waals surface area contributed by atoms with E-state index in [4.69, 9.17) is 9.47 Å². The number of rotatable bonds is 7. The van der Waals surface area contributed by atoms with Gasteiger partial charge in [0.05, 0.1) is 26.4 Å². The molecule has 0 radical (unpaired) electrons. The Labute approximate surface area is 132 Å². The SMILES string of the molecule is COc1cc(CN2CCC(CO)(CO)C2)ccc1OC(C)C. The molecule has 1 saturated heterocycles. The molecule has 22 heavy (non-hydrogen) atoms. The summed E-state index contributed by atoms with van der Waals surface area (Å²) in [5.74, 6) is 1.49. The van der Waals surface area contributed by atoms with Gasteiger partial charge in [0, 0.05) is 18.5 Å². The van der Waals surface area contributed by atoms with Crippen molar-refractivity contribution in [2.45, 2.75) is 32.9 Å². The van der Waals surface area contributed by atoms with Crippen molar-refractivity contribution in [3.63, 3.8) is 0 Å². The van der Waals surface area contributed by atoms with Gasteiger partial charge in [-0.15, -0.1) is 0 Å². The maximum absolute atomic E-state index is 9.48. The van der Waals surface area contributed by atoms with Gasteiger partial charge >= 0.3 is 0 Å². The number of hydrogen-bond acceptors (Lipinski definition) is 5. The zero-order valence-corrected chi connectivity index (χ0v) is 13.7. The molecule has 5 nitrogen and oxygen atoms in total. The molecule has 0 atom stereocenters. The highest BCUT2D eigenvalue weighted by atomic mass is 16.5. The highest BCUT2D eigenvalue weighted by Gasteiger charge is 2.36. The fourth-order valence-corrected chi connectivity index (χ4v) is 2.89. The van der Waals surface area contributed by atoms with E-state index in [0.717, 1.165) is 36.6 Å². The Morgan fingerprint density at radius 3 is 2.50 bits per heavy atom. The van der Waals surface area contributed by atoms with E-state index < -0.39 is 0 Å². The number of likely N-dealkylation sites (tertiary alicyclic amines) is 1. The first-order valence-electron chi connectivity index (χ1n) is 7.79. The van der Waals surface area contributed by atoms with Crippen LogP contribution in [0.1, 0.15) is 25.8 Å². The third kappa shape index (κ3) is 3.91. The van der Waals surface area contributed by atoms with Crippen LogP contribution in [0.3, 0.4) is 0 Å². The van der Waals surface area contributed by atoms with Crippen LogP contribution in [0.15, 0.2) is 18.2 Å². The largest absolute Gasteiger partial charge is 0.493 e. The first-order chi connectivity index (χ1) is 10.5. The fraction of sp³-hybridized carbons (Fsp3) is 0.647. The minimum absolute atomic E-state index is 0.0322. The molecule has 0 saturated carbocycles. The lowest BCUT2D eigenvalue weighted by atomic mass is 9.89. The zero-order chi connectivity index (χ0) is 16.2. The van der Waals surface area contributed by atoms with Crippen LogP contribution in [0.25, 0.3) is 0 Å². The molecule has 5 heteroatoms. The summed E-state index contributed by atoms with van der Waals surface area (Å²) in [6.45, 7) is 6.41. The Morgan fingerprint density at radius 2 is 1.95 bits per heavy atom. The lowest BCUT2D eigenvalue weighted by Crippen LogP contribution is -2.33. The second-order valence-electron chi connectivity index (χ2n) is 6.43. The quantitative estimate of drug-likeness (QED) is 0.802. The molecule has 2 rings (SSSR count). The summed E-state index contributed by atoms with van der Waals surface area (Å²) in [5.41, 5.74) is 0.782. The van der Waals surface area contributed by atoms with E-state index >= 15 is 0 Å². The van der Waals surface area contributed by atoms with Crippen molar-refractivity contribution in [3.8, 4) is 11.5 Å². The summed E-state index contributed by atoms with van der Waals surface area (Å²) >= 11 is 0. The lowest BCUT2D eigenvalue weighted by molar-refractivity contribution is 0.0606. The summed E-state index contributed by atoms with van der Waals surface area (Å²) in [5, 5.41) is 19.0. The number of nitrogens with zero attached hydrogens (tertiary/aromatic N) is 1. The predicted molar refractivity (Wildman–Crippen MR) is 85.3 cm³/mol. The van der Waals surface area contributed by atoms with Crippen molar-refractivity contribution < 1.29 is 19.7 Å². The highest BCUT2D eigenvalue weighted by molar-refractivity contribution is 5.43. The zero-order valence-electron chi connectivity index (χ0n) is 13.7. The van der Waals surface area contributed by atoms with E-state index in [1.165, 1.54) is 0 Å². The third-order valence-corrected chi connectivity index (χ3v) is 4.19. The lowest BCUT2D eigenvalue weighted by Gasteiger charge is -2.24. The van der Waals surface area contributed by atoms with Gasteiger partial charge in [0.1, 0.15) is 0 Å². The van der Waals surface area contributed by atoms with Crippen LogP contribution in [-0.4, -0.2) is 54.6 Å². The molecule has 124 valence electrons. The second-order valence-corrected chi connectivity index (χ2v) is 6.43. The van der Waals surface area contributed by atoms with Crippen LogP contribution in [0.2, 0.25) is 0 Å². The monoisotopic (exact) mass is 309 g/mol. The van der Waals surface area contributed by atoms with E-state index in [1.807, 2.05) is 32.0 Å². The van der Waals surface area contributed by atoms with Gasteiger partial charge in [-0.05, 0) is 44.5 Å². The second kappa shape index (κ2) is 7.31. The Hall–Kier alpha value is -1.30. The summed E-state index contributed by atoms with van der Waals surface area (Å²) in [6.07, 6.45) is 0.930. The van der Waals surface area contributed by atoms with Crippen LogP contribution in [-0.2, 0) is 6.54 Å². The molecule has 1 fully saturated rings. The molecule has 0 amide bonds. The molecular formula is C17H27NO4. The third-order valence-electron chi connectivity index (χ3n) is 4.19. The van der Waals surface area contributed by atoms with Crippen molar-refractivity contribution in [3.05, 3.63) is 23.8 Å². The first-order valence-corrected chi connectivity index (χ1v) is 7.79. The minimum atomic E-state index is -0.356. The number of hydrogen-bond donors (Lipinski definition) is 2. The molecule has 0 aromatic heterocycles. The summed E-state index contributed by atoms with van der Waals surface area (Å²) in [7, 11) is 1.64. The van der Waals surface area contributed by atoms with Gasteiger partial charge in [0.25, 0.3) is 0 Å². The molecule has 0 aliphatic carbocycles. The van der Waals surface area contributed by atoms with Crippen LogP contribution in [0.5, 0.6) is 11.5 Å². The van der Waals surface area contributed by atoms with Gasteiger partial charge in [-0.1, -0.05) is 6.07 Å². The van der Waals surface area contributed by atoms with E-state index in [0.29, 0.717) is 6.54 Å². The standard InChI is InChI=1S/C17H27NO4/c1-13(2)22-15-5-4-14(8-16(15)21-3)9-18-7-6-17(10-18,11-19)12-20/h4-5,8,13,19-20H,6-7,9-12H2,1-3H3. The molecule has 1 aliphatic heterocycles. The maximum atomic E-state index is 9.48. The van der Waals surface area contributed by atoms with Crippen LogP contribution >= 0.6 is 0 Å². The van der Waals surface area contributed by atoms with Gasteiger partial charge in [0.15, 0.2) is 11.5 Å². The van der Waals surface area contributed by atoms with Crippen LogP contribution in [0.4, 0.5) is 0 Å². The Kier molecular flexibility index (Phi) is 5.67. The van der Waals surface area contributed by atoms with Gasteiger partial charge in [-0.2, -0.15) is 0 Å². The Bertz CT molecular complexity index is 486. The summed E-state index contributed by atoms with van der Waals surface area (Å²) in [4.78, 5) is 2.25. The van der Waals surface area contributed by atoms with Crippen molar-refractivity contribution in [1.82, 2.24) is 4.90 Å². The topological polar surface area (TPSA) is 62.2 Å². The maximum Gasteiger partial charge on any atom is 0.161 e. The van der Waals surface area contributed by atoms with Crippen LogP contribution < -0.4 is 9.47 Å². The smallest absolute Gasteiger partial charge is 0.161 e. The normalized spacial score (nSPS) is 17.9. The van der Waals surface area contributed by atoms with E-state index in [2.05, 4.69) is 4.90 Å². The fourth-order valence-electron chi connectivity index (χ4n) is 2.89. The number of aliphatic hydroxyl groups is 2. The van der Waals surface area contributed by atoms with Crippen molar-refractivity contribution >= 4 is 0 Å². The Morgan fingerprint density at radius 1 is 1.23 bits per heavy atom. The molecular weight excluding hydrogens is 282 g/mol. The molecule has 0 spiro atoms. The van der Waals surface area contributed by atoms with Crippen molar-refractivity contribution in [2.75, 3.05) is 33.4 Å². The Balaban J connectivity index is 2.05. The molecule has 2 N–H and O–H groups in total. The first kappa shape index (κ1) is 17.1. The predicted octanol–water partition coefficient (Wildman–Crippen LogP) is 1.66. The number of methoxy groups -OCH3 is 1. The van der Waals surface area contributed by atoms with E-state index in [-0.39, 0.29) is 24.7 Å². The highest BCUT2D eigenvalue weighted by Crippen LogP contribution is 2.33. The van der Waals surface area contributed by atoms with E-state index in [1.54, 1.807) is 7.11 Å². The molecule has 1 heterocycles. The summed E-state index contributed by atoms with van der Waals surface area (Å²) < 4.78 is 11.1. The number of ether oxygens (including phenoxy) is 2. The van der Waals surface area contributed by atoms with Gasteiger partial charge < -0.3 is 19.7 Å². The molecule has 1 aromatic rings. The number of benzene rings is 1. The number of aliphatic hydroxyl groups excluding tert-OH is 2. The molecule has 0 bridgehead atoms. The van der Waals surface area contributed by atoms with Crippen molar-refractivity contribution in [1.29, 1.82) is 0 Å². The van der Waals surface area contributed by atoms with Crippen molar-refractivity contribution in [2.24, 2.45) is 5.41 Å². The van der Waals surface area contributed by atoms with Gasteiger partial charge in [-0.3, -0.25) is 4.90 Å². The van der Waals surface area contributed by atoms with Gasteiger partial charge in [0.2, 0.25) is 0 Å². The van der Waals surface area contributed by atoms with Crippen LogP contribution in [0, 0.1) is 5.41 Å². The molecule has 0 unspecified atom stereocenters. The van der Waals surface area contributed by atoms with Gasteiger partial charge in [-0.25, -0.2) is 0 Å². The minimum Gasteiger partial charge on any atom is -0.493 e. The molecule has 1 aromatic carbocycles.